The van der Waals surface area contributed by atoms with Crippen molar-refractivity contribution in [3.63, 3.8) is 0 Å². The highest BCUT2D eigenvalue weighted by atomic mass is 16.4. The van der Waals surface area contributed by atoms with Crippen LogP contribution in [0, 0.1) is 0 Å². The Morgan fingerprint density at radius 2 is 2.00 bits per heavy atom. The van der Waals surface area contributed by atoms with E-state index in [2.05, 4.69) is 10.3 Å². The molecule has 1 aliphatic rings. The Hall–Kier alpha value is -1.30. The average Bonchev–Trinajstić information content (AvgIpc) is 2.33. The normalized spacial score (nSPS) is 18.2. The number of hydrogen-bond donors (Lipinski definition) is 4. The summed E-state index contributed by atoms with van der Waals surface area (Å²) >= 11 is 0. The third-order valence-corrected chi connectivity index (χ3v) is 3.29. The highest BCUT2D eigenvalue weighted by Gasteiger charge is 2.22. The number of guanidine groups is 1. The van der Waals surface area contributed by atoms with Crippen LogP contribution in [0.25, 0.3) is 0 Å². The molecule has 0 aromatic rings. The quantitative estimate of drug-likeness (QED) is 0.299. The maximum atomic E-state index is 11.2. The molecule has 0 heterocycles. The Labute approximate surface area is 108 Å². The van der Waals surface area contributed by atoms with Crippen molar-refractivity contribution in [3.8, 4) is 0 Å². The Morgan fingerprint density at radius 1 is 1.33 bits per heavy atom. The standard InChI is InChI=1S/C12H24N4O2/c13-12(14)15-8-4-7-10(11(17)18)16-9-5-2-1-3-6-9/h9-10,16H,1-8H2,(H,17,18)(H4,13,14,15)/t10-/m0/s1. The number of nitrogens with zero attached hydrogens (tertiary/aromatic N) is 1. The Balaban J connectivity index is 2.30. The van der Waals surface area contributed by atoms with Crippen LogP contribution in [0.1, 0.15) is 44.9 Å². The van der Waals surface area contributed by atoms with E-state index in [1.807, 2.05) is 0 Å². The lowest BCUT2D eigenvalue weighted by Gasteiger charge is -2.26. The molecule has 0 saturated heterocycles. The number of nitrogens with two attached hydrogens (primary N) is 2. The van der Waals surface area contributed by atoms with Crippen LogP contribution in [0.2, 0.25) is 0 Å². The second kappa shape index (κ2) is 7.92. The molecule has 18 heavy (non-hydrogen) atoms. The van der Waals surface area contributed by atoms with Crippen molar-refractivity contribution < 1.29 is 9.90 Å². The topological polar surface area (TPSA) is 114 Å². The molecular weight excluding hydrogens is 232 g/mol. The third kappa shape index (κ3) is 5.86. The molecule has 6 nitrogen and oxygen atoms in total. The largest absolute Gasteiger partial charge is 0.480 e. The summed E-state index contributed by atoms with van der Waals surface area (Å²) < 4.78 is 0. The summed E-state index contributed by atoms with van der Waals surface area (Å²) in [5.74, 6) is -0.729. The van der Waals surface area contributed by atoms with E-state index in [4.69, 9.17) is 16.6 Å². The van der Waals surface area contributed by atoms with Gasteiger partial charge in [-0.05, 0) is 25.7 Å². The number of carboxylic acids is 1. The average molecular weight is 256 g/mol. The van der Waals surface area contributed by atoms with E-state index in [1.165, 1.54) is 19.3 Å². The number of aliphatic carboxylic acids is 1. The van der Waals surface area contributed by atoms with E-state index in [9.17, 15) is 4.79 Å². The van der Waals surface area contributed by atoms with E-state index < -0.39 is 12.0 Å². The minimum atomic E-state index is -0.787. The predicted molar refractivity (Wildman–Crippen MR) is 71.3 cm³/mol. The van der Waals surface area contributed by atoms with Crippen LogP contribution in [0.3, 0.4) is 0 Å². The van der Waals surface area contributed by atoms with Crippen LogP contribution >= 0.6 is 0 Å². The molecule has 0 amide bonds. The molecule has 0 bridgehead atoms. The number of carbonyl (C=O) groups is 1. The van der Waals surface area contributed by atoms with Crippen molar-refractivity contribution in [3.05, 3.63) is 0 Å². The van der Waals surface area contributed by atoms with Crippen LogP contribution in [-0.2, 0) is 4.79 Å². The van der Waals surface area contributed by atoms with Gasteiger partial charge in [0.15, 0.2) is 5.96 Å². The summed E-state index contributed by atoms with van der Waals surface area (Å²) in [6.07, 6.45) is 7.04. The van der Waals surface area contributed by atoms with Crippen LogP contribution in [0.4, 0.5) is 0 Å². The molecule has 1 aliphatic carbocycles. The summed E-state index contributed by atoms with van der Waals surface area (Å²) in [5.41, 5.74) is 10.4. The SMILES string of the molecule is NC(N)=NCCC[C@H](NC1CCCCC1)C(=O)O. The summed E-state index contributed by atoms with van der Waals surface area (Å²) in [6, 6.07) is -0.134. The van der Waals surface area contributed by atoms with Gasteiger partial charge in [-0.15, -0.1) is 0 Å². The van der Waals surface area contributed by atoms with Gasteiger partial charge in [-0.1, -0.05) is 19.3 Å². The summed E-state index contributed by atoms with van der Waals surface area (Å²) in [5, 5.41) is 12.4. The van der Waals surface area contributed by atoms with E-state index >= 15 is 0 Å². The zero-order valence-corrected chi connectivity index (χ0v) is 10.8. The minimum absolute atomic E-state index is 0.0575. The van der Waals surface area contributed by atoms with Gasteiger partial charge in [0, 0.05) is 12.6 Å². The molecule has 0 spiro atoms. The first kappa shape index (κ1) is 14.8. The number of hydrogen-bond acceptors (Lipinski definition) is 3. The van der Waals surface area contributed by atoms with E-state index in [-0.39, 0.29) is 5.96 Å². The second-order valence-corrected chi connectivity index (χ2v) is 4.84. The van der Waals surface area contributed by atoms with Gasteiger partial charge in [-0.2, -0.15) is 0 Å². The van der Waals surface area contributed by atoms with Gasteiger partial charge >= 0.3 is 5.97 Å². The van der Waals surface area contributed by atoms with Crippen LogP contribution in [-0.4, -0.2) is 35.7 Å². The molecule has 6 N–H and O–H groups in total. The van der Waals surface area contributed by atoms with E-state index in [1.54, 1.807) is 0 Å². The van der Waals surface area contributed by atoms with Gasteiger partial charge in [0.2, 0.25) is 0 Å². The first-order valence-electron chi connectivity index (χ1n) is 6.64. The zero-order chi connectivity index (χ0) is 13.4. The molecule has 0 aromatic heterocycles. The first-order valence-corrected chi connectivity index (χ1v) is 6.64. The highest BCUT2D eigenvalue weighted by Crippen LogP contribution is 2.18. The molecule has 0 unspecified atom stereocenters. The molecule has 0 radical (unpaired) electrons. The lowest BCUT2D eigenvalue weighted by Crippen LogP contribution is -2.44. The smallest absolute Gasteiger partial charge is 0.320 e. The molecular formula is C12H24N4O2. The van der Waals surface area contributed by atoms with Crippen molar-refractivity contribution in [2.24, 2.45) is 16.5 Å². The third-order valence-electron chi connectivity index (χ3n) is 3.29. The first-order chi connectivity index (χ1) is 8.59. The molecule has 0 aliphatic heterocycles. The van der Waals surface area contributed by atoms with Crippen molar-refractivity contribution in [2.75, 3.05) is 6.54 Å². The van der Waals surface area contributed by atoms with Gasteiger partial charge in [0.05, 0.1) is 0 Å². The lowest BCUT2D eigenvalue weighted by molar-refractivity contribution is -0.140. The number of nitrogens with one attached hydrogen (secondary N) is 1. The maximum Gasteiger partial charge on any atom is 0.320 e. The summed E-state index contributed by atoms with van der Waals surface area (Å²) in [6.45, 7) is 0.485. The highest BCUT2D eigenvalue weighted by molar-refractivity contribution is 5.75. The van der Waals surface area contributed by atoms with Gasteiger partial charge in [0.25, 0.3) is 0 Å². The Morgan fingerprint density at radius 3 is 2.56 bits per heavy atom. The van der Waals surface area contributed by atoms with Crippen molar-refractivity contribution in [2.45, 2.75) is 57.0 Å². The fourth-order valence-electron chi connectivity index (χ4n) is 2.34. The lowest BCUT2D eigenvalue weighted by atomic mass is 9.94. The van der Waals surface area contributed by atoms with Gasteiger partial charge < -0.3 is 21.9 Å². The van der Waals surface area contributed by atoms with Crippen molar-refractivity contribution >= 4 is 11.9 Å². The van der Waals surface area contributed by atoms with Crippen molar-refractivity contribution in [1.29, 1.82) is 0 Å². The number of rotatable bonds is 7. The molecule has 0 aromatic carbocycles. The molecule has 6 heteroatoms. The van der Waals surface area contributed by atoms with Crippen LogP contribution < -0.4 is 16.8 Å². The monoisotopic (exact) mass is 256 g/mol. The minimum Gasteiger partial charge on any atom is -0.480 e. The Kier molecular flexibility index (Phi) is 6.49. The van der Waals surface area contributed by atoms with Gasteiger partial charge in [0.1, 0.15) is 6.04 Å². The predicted octanol–water partition coefficient (Wildman–Crippen LogP) is 0.415. The molecule has 1 atom stereocenters. The fraction of sp³-hybridized carbons (Fsp3) is 0.833. The second-order valence-electron chi connectivity index (χ2n) is 4.84. The molecule has 1 rings (SSSR count). The van der Waals surface area contributed by atoms with Gasteiger partial charge in [-0.3, -0.25) is 9.79 Å². The summed E-state index contributed by atoms with van der Waals surface area (Å²) in [7, 11) is 0. The van der Waals surface area contributed by atoms with Crippen LogP contribution in [0.15, 0.2) is 4.99 Å². The van der Waals surface area contributed by atoms with E-state index in [0.717, 1.165) is 12.8 Å². The van der Waals surface area contributed by atoms with Crippen LogP contribution in [0.5, 0.6) is 0 Å². The molecule has 104 valence electrons. The van der Waals surface area contributed by atoms with Gasteiger partial charge in [-0.25, -0.2) is 0 Å². The maximum absolute atomic E-state index is 11.2. The van der Waals surface area contributed by atoms with Crippen molar-refractivity contribution in [1.82, 2.24) is 5.32 Å². The van der Waals surface area contributed by atoms with E-state index in [0.29, 0.717) is 25.4 Å². The number of aliphatic imine (C=N–C) groups is 1. The molecule has 1 fully saturated rings. The summed E-state index contributed by atoms with van der Waals surface area (Å²) in [4.78, 5) is 15.0. The zero-order valence-electron chi connectivity index (χ0n) is 10.8. The number of carboxylic acid groups (broad SMARTS) is 1. The molecule has 1 saturated carbocycles. The Bertz CT molecular complexity index is 284. The fourth-order valence-corrected chi connectivity index (χ4v) is 2.34.